The number of hydrogen-bond acceptors (Lipinski definition) is 3. The van der Waals surface area contributed by atoms with Crippen molar-refractivity contribution in [3.05, 3.63) is 0 Å². The molecule has 2 fully saturated rings. The Labute approximate surface area is 98.0 Å². The molecular formula is C12H23N3O. The molecular weight excluding hydrogens is 202 g/mol. The van der Waals surface area contributed by atoms with Crippen LogP contribution in [0.1, 0.15) is 20.3 Å². The van der Waals surface area contributed by atoms with Gasteiger partial charge in [-0.1, -0.05) is 6.92 Å². The van der Waals surface area contributed by atoms with Crippen LogP contribution in [0.3, 0.4) is 0 Å². The first-order valence-corrected chi connectivity index (χ1v) is 6.42. The van der Waals surface area contributed by atoms with Crippen LogP contribution >= 0.6 is 0 Å². The minimum Gasteiger partial charge on any atom is -0.339 e. The summed E-state index contributed by atoms with van der Waals surface area (Å²) in [7, 11) is 0. The number of carbonyl (C=O) groups excluding carboxylic acids is 1. The van der Waals surface area contributed by atoms with Crippen molar-refractivity contribution < 1.29 is 4.79 Å². The molecule has 1 N–H and O–H groups in total. The number of piperazine rings is 1. The molecule has 92 valence electrons. The van der Waals surface area contributed by atoms with Gasteiger partial charge in [-0.3, -0.25) is 9.69 Å². The Morgan fingerprint density at radius 2 is 2.00 bits per heavy atom. The molecule has 0 radical (unpaired) electrons. The maximum absolute atomic E-state index is 12.2. The van der Waals surface area contributed by atoms with Gasteiger partial charge < -0.3 is 10.2 Å². The average molecular weight is 225 g/mol. The minimum absolute atomic E-state index is 0.0723. The Balaban J connectivity index is 1.88. The van der Waals surface area contributed by atoms with Gasteiger partial charge in [-0.05, 0) is 25.8 Å². The fraction of sp³-hybridized carbons (Fsp3) is 0.917. The Morgan fingerprint density at radius 3 is 2.56 bits per heavy atom. The van der Waals surface area contributed by atoms with Crippen LogP contribution in [-0.4, -0.2) is 61.0 Å². The average Bonchev–Trinajstić information content (AvgIpc) is 2.75. The van der Waals surface area contributed by atoms with E-state index in [0.717, 1.165) is 45.2 Å². The molecule has 0 aliphatic carbocycles. The van der Waals surface area contributed by atoms with Crippen LogP contribution < -0.4 is 5.32 Å². The third-order valence-electron chi connectivity index (χ3n) is 3.79. The number of amides is 1. The second kappa shape index (κ2) is 5.15. The largest absolute Gasteiger partial charge is 0.339 e. The monoisotopic (exact) mass is 225 g/mol. The van der Waals surface area contributed by atoms with Crippen molar-refractivity contribution in [1.29, 1.82) is 0 Å². The van der Waals surface area contributed by atoms with Gasteiger partial charge in [0.05, 0.1) is 6.04 Å². The van der Waals surface area contributed by atoms with Gasteiger partial charge in [-0.15, -0.1) is 0 Å². The van der Waals surface area contributed by atoms with Crippen molar-refractivity contribution >= 4 is 5.91 Å². The van der Waals surface area contributed by atoms with Gasteiger partial charge in [0.15, 0.2) is 0 Å². The summed E-state index contributed by atoms with van der Waals surface area (Å²) in [6, 6.07) is 0.0723. The van der Waals surface area contributed by atoms with Crippen LogP contribution in [-0.2, 0) is 4.79 Å². The summed E-state index contributed by atoms with van der Waals surface area (Å²) in [5.74, 6) is 1.06. The molecule has 0 bridgehead atoms. The molecule has 0 aromatic carbocycles. The Hall–Kier alpha value is -0.610. The summed E-state index contributed by atoms with van der Waals surface area (Å²) < 4.78 is 0. The third kappa shape index (κ3) is 2.55. The summed E-state index contributed by atoms with van der Waals surface area (Å²) in [5, 5.41) is 3.28. The lowest BCUT2D eigenvalue weighted by molar-refractivity contribution is -0.136. The molecule has 2 saturated heterocycles. The molecule has 2 rings (SSSR count). The normalized spacial score (nSPS) is 29.4. The Bertz CT molecular complexity index is 251. The van der Waals surface area contributed by atoms with Crippen molar-refractivity contribution in [1.82, 2.24) is 15.1 Å². The second-order valence-corrected chi connectivity index (χ2v) is 5.14. The topological polar surface area (TPSA) is 35.6 Å². The van der Waals surface area contributed by atoms with Crippen molar-refractivity contribution in [2.24, 2.45) is 5.92 Å². The fourth-order valence-corrected chi connectivity index (χ4v) is 2.63. The van der Waals surface area contributed by atoms with E-state index >= 15 is 0 Å². The molecule has 2 unspecified atom stereocenters. The summed E-state index contributed by atoms with van der Waals surface area (Å²) in [6.07, 6.45) is 1.24. The van der Waals surface area contributed by atoms with Gasteiger partial charge >= 0.3 is 0 Å². The minimum atomic E-state index is 0.0723. The van der Waals surface area contributed by atoms with E-state index in [1.807, 2.05) is 4.90 Å². The molecule has 0 saturated carbocycles. The second-order valence-electron chi connectivity index (χ2n) is 5.14. The van der Waals surface area contributed by atoms with E-state index < -0.39 is 0 Å². The highest BCUT2D eigenvalue weighted by Crippen LogP contribution is 2.18. The molecule has 2 aliphatic heterocycles. The maximum Gasteiger partial charge on any atom is 0.239 e. The van der Waals surface area contributed by atoms with Crippen molar-refractivity contribution in [3.63, 3.8) is 0 Å². The van der Waals surface area contributed by atoms with E-state index in [4.69, 9.17) is 0 Å². The Morgan fingerprint density at radius 1 is 1.31 bits per heavy atom. The molecule has 0 aromatic rings. The van der Waals surface area contributed by atoms with Crippen LogP contribution in [0.5, 0.6) is 0 Å². The first kappa shape index (κ1) is 11.9. The Kier molecular flexibility index (Phi) is 3.82. The van der Waals surface area contributed by atoms with Gasteiger partial charge in [0.2, 0.25) is 5.91 Å². The van der Waals surface area contributed by atoms with Crippen molar-refractivity contribution in [2.45, 2.75) is 26.3 Å². The van der Waals surface area contributed by atoms with E-state index in [2.05, 4.69) is 24.1 Å². The number of nitrogens with one attached hydrogen (secondary N) is 1. The zero-order valence-corrected chi connectivity index (χ0v) is 10.4. The van der Waals surface area contributed by atoms with E-state index in [1.54, 1.807) is 0 Å². The number of likely N-dealkylation sites (tertiary alicyclic amines) is 1. The summed E-state index contributed by atoms with van der Waals surface area (Å²) >= 11 is 0. The van der Waals surface area contributed by atoms with Gasteiger partial charge in [-0.2, -0.15) is 0 Å². The lowest BCUT2D eigenvalue weighted by Gasteiger charge is -2.33. The van der Waals surface area contributed by atoms with Crippen LogP contribution in [0, 0.1) is 5.92 Å². The highest BCUT2D eigenvalue weighted by molar-refractivity contribution is 5.81. The van der Waals surface area contributed by atoms with Crippen LogP contribution in [0.2, 0.25) is 0 Å². The number of hydrogen-bond donors (Lipinski definition) is 1. The predicted octanol–water partition coefficient (Wildman–Crippen LogP) is 0.149. The quantitative estimate of drug-likeness (QED) is 0.726. The molecule has 0 aromatic heterocycles. The van der Waals surface area contributed by atoms with Crippen molar-refractivity contribution in [3.8, 4) is 0 Å². The molecule has 4 heteroatoms. The zero-order chi connectivity index (χ0) is 11.5. The summed E-state index contributed by atoms with van der Waals surface area (Å²) in [6.45, 7) is 10.1. The highest BCUT2D eigenvalue weighted by Gasteiger charge is 2.30. The SMILES string of the molecule is CC1CCN(C(C)C(=O)N2CCNCC2)C1. The smallest absolute Gasteiger partial charge is 0.239 e. The van der Waals surface area contributed by atoms with E-state index in [9.17, 15) is 4.79 Å². The molecule has 0 spiro atoms. The van der Waals surface area contributed by atoms with E-state index in [1.165, 1.54) is 6.42 Å². The lowest BCUT2D eigenvalue weighted by atomic mass is 10.2. The lowest BCUT2D eigenvalue weighted by Crippen LogP contribution is -2.52. The predicted molar refractivity (Wildman–Crippen MR) is 64.3 cm³/mol. The van der Waals surface area contributed by atoms with Gasteiger partial charge in [0, 0.05) is 32.7 Å². The molecule has 2 aliphatic rings. The molecule has 2 heterocycles. The zero-order valence-electron chi connectivity index (χ0n) is 10.4. The first-order valence-electron chi connectivity index (χ1n) is 6.42. The first-order chi connectivity index (χ1) is 7.68. The maximum atomic E-state index is 12.2. The standard InChI is InChI=1S/C12H23N3O/c1-10-3-6-15(9-10)11(2)12(16)14-7-4-13-5-8-14/h10-11,13H,3-9H2,1-2H3. The summed E-state index contributed by atoms with van der Waals surface area (Å²) in [4.78, 5) is 16.6. The van der Waals surface area contributed by atoms with Crippen LogP contribution in [0.25, 0.3) is 0 Å². The van der Waals surface area contributed by atoms with Crippen LogP contribution in [0.15, 0.2) is 0 Å². The van der Waals surface area contributed by atoms with Gasteiger partial charge in [0.25, 0.3) is 0 Å². The van der Waals surface area contributed by atoms with Gasteiger partial charge in [0.1, 0.15) is 0 Å². The third-order valence-corrected chi connectivity index (χ3v) is 3.79. The van der Waals surface area contributed by atoms with E-state index in [0.29, 0.717) is 5.91 Å². The molecule has 4 nitrogen and oxygen atoms in total. The van der Waals surface area contributed by atoms with Crippen LogP contribution in [0.4, 0.5) is 0 Å². The van der Waals surface area contributed by atoms with Gasteiger partial charge in [-0.25, -0.2) is 0 Å². The number of nitrogens with zero attached hydrogens (tertiary/aromatic N) is 2. The number of carbonyl (C=O) groups is 1. The summed E-state index contributed by atoms with van der Waals surface area (Å²) in [5.41, 5.74) is 0. The molecule has 2 atom stereocenters. The molecule has 1 amide bonds. The van der Waals surface area contributed by atoms with E-state index in [-0.39, 0.29) is 6.04 Å². The number of rotatable bonds is 2. The fourth-order valence-electron chi connectivity index (χ4n) is 2.63. The van der Waals surface area contributed by atoms with Crippen molar-refractivity contribution in [2.75, 3.05) is 39.3 Å². The highest BCUT2D eigenvalue weighted by atomic mass is 16.2. The molecule has 16 heavy (non-hydrogen) atoms.